The molecule has 1 saturated heterocycles. The Morgan fingerprint density at radius 3 is 1.74 bits per heavy atom. The molecule has 0 bridgehead atoms. The van der Waals surface area contributed by atoms with Crippen LogP contribution < -0.4 is 11.2 Å². The molecular formula is C31H56N2O5. The van der Waals surface area contributed by atoms with E-state index < -0.39 is 17.5 Å². The Bertz CT molecular complexity index is 808. The maximum atomic E-state index is 12.1. The summed E-state index contributed by atoms with van der Waals surface area (Å²) in [6.07, 6.45) is 27.8. The fourth-order valence-electron chi connectivity index (χ4n) is 5.45. The van der Waals surface area contributed by atoms with E-state index in [4.69, 9.17) is 9.47 Å². The summed E-state index contributed by atoms with van der Waals surface area (Å²) >= 11 is 0. The van der Waals surface area contributed by atoms with E-state index in [2.05, 4.69) is 11.9 Å². The summed E-state index contributed by atoms with van der Waals surface area (Å²) < 4.78 is 13.2. The van der Waals surface area contributed by atoms with Crippen molar-refractivity contribution in [2.75, 3.05) is 13.2 Å². The van der Waals surface area contributed by atoms with Crippen LogP contribution in [0.15, 0.2) is 21.9 Å². The van der Waals surface area contributed by atoms with Crippen LogP contribution in [0.2, 0.25) is 0 Å². The molecule has 0 unspecified atom stereocenters. The molecule has 1 aliphatic rings. The van der Waals surface area contributed by atoms with Gasteiger partial charge in [-0.15, -0.1) is 0 Å². The summed E-state index contributed by atoms with van der Waals surface area (Å²) in [5, 5.41) is 9.48. The molecule has 2 heterocycles. The average Bonchev–Trinajstić information content (AvgIpc) is 3.32. The molecule has 1 aromatic heterocycles. The van der Waals surface area contributed by atoms with Crippen molar-refractivity contribution < 1.29 is 14.6 Å². The predicted molar refractivity (Wildman–Crippen MR) is 155 cm³/mol. The van der Waals surface area contributed by atoms with E-state index in [-0.39, 0.29) is 18.8 Å². The zero-order valence-corrected chi connectivity index (χ0v) is 24.2. The monoisotopic (exact) mass is 536 g/mol. The lowest BCUT2D eigenvalue weighted by atomic mass is 10.0. The number of nitrogens with one attached hydrogen (secondary N) is 1. The largest absolute Gasteiger partial charge is 0.394 e. The molecule has 2 N–H and O–H groups in total. The summed E-state index contributed by atoms with van der Waals surface area (Å²) in [7, 11) is 0. The molecular weight excluding hydrogens is 480 g/mol. The smallest absolute Gasteiger partial charge is 0.330 e. The second-order valence-corrected chi connectivity index (χ2v) is 11.2. The molecule has 0 aromatic carbocycles. The van der Waals surface area contributed by atoms with Gasteiger partial charge in [0, 0.05) is 25.3 Å². The highest BCUT2D eigenvalue weighted by Gasteiger charge is 2.37. The summed E-state index contributed by atoms with van der Waals surface area (Å²) in [5.74, 6) is 0. The van der Waals surface area contributed by atoms with Crippen molar-refractivity contribution in [2.24, 2.45) is 0 Å². The van der Waals surface area contributed by atoms with Crippen LogP contribution in [0.5, 0.6) is 0 Å². The van der Waals surface area contributed by atoms with Crippen molar-refractivity contribution in [3.05, 3.63) is 33.1 Å². The van der Waals surface area contributed by atoms with Crippen molar-refractivity contribution >= 4 is 0 Å². The fraction of sp³-hybridized carbons (Fsp3) is 0.871. The van der Waals surface area contributed by atoms with E-state index in [0.29, 0.717) is 13.0 Å². The van der Waals surface area contributed by atoms with Gasteiger partial charge in [0.05, 0.1) is 12.7 Å². The minimum Gasteiger partial charge on any atom is -0.394 e. The predicted octanol–water partition coefficient (Wildman–Crippen LogP) is 7.02. The van der Waals surface area contributed by atoms with E-state index in [9.17, 15) is 14.7 Å². The summed E-state index contributed by atoms with van der Waals surface area (Å²) in [5.41, 5.74) is -0.960. The van der Waals surface area contributed by atoms with Gasteiger partial charge in [-0.1, -0.05) is 129 Å². The fourth-order valence-corrected chi connectivity index (χ4v) is 5.45. The molecule has 3 atom stereocenters. The van der Waals surface area contributed by atoms with Gasteiger partial charge in [0.25, 0.3) is 5.56 Å². The lowest BCUT2D eigenvalue weighted by Gasteiger charge is -2.20. The molecule has 0 spiro atoms. The van der Waals surface area contributed by atoms with E-state index in [0.717, 1.165) is 12.8 Å². The number of aliphatic hydroxyl groups excluding tert-OH is 1. The molecule has 1 fully saturated rings. The van der Waals surface area contributed by atoms with Crippen molar-refractivity contribution in [3.8, 4) is 0 Å². The van der Waals surface area contributed by atoms with Crippen LogP contribution in [0.25, 0.3) is 0 Å². The van der Waals surface area contributed by atoms with Crippen LogP contribution >= 0.6 is 0 Å². The van der Waals surface area contributed by atoms with Crippen LogP contribution in [0.4, 0.5) is 0 Å². The Kier molecular flexibility index (Phi) is 18.4. The Labute approximate surface area is 230 Å². The third-order valence-corrected chi connectivity index (χ3v) is 7.80. The van der Waals surface area contributed by atoms with Gasteiger partial charge in [0.2, 0.25) is 0 Å². The number of H-pyrrole nitrogens is 1. The van der Waals surface area contributed by atoms with Gasteiger partial charge in [0.1, 0.15) is 6.10 Å². The standard InChI is InChI=1S/C31H56N2O5/c1-2-3-4-5-6-7-8-9-10-11-12-13-14-15-16-17-18-19-20-21-24-37-28-25-27(26-34)38-30(28)33-23-22-29(35)32-31(33)36/h22-23,27-28,30,34H,2-21,24-26H2,1H3,(H,32,35,36)/t27-,28+,30+/m0/s1. The first-order chi connectivity index (χ1) is 18.7. The topological polar surface area (TPSA) is 93.5 Å². The normalized spacial score (nSPS) is 19.4. The molecule has 7 nitrogen and oxygen atoms in total. The highest BCUT2D eigenvalue weighted by atomic mass is 16.6. The number of rotatable bonds is 24. The lowest BCUT2D eigenvalue weighted by Crippen LogP contribution is -2.35. The Balaban J connectivity index is 1.38. The number of nitrogens with zero attached hydrogens (tertiary/aromatic N) is 1. The molecule has 220 valence electrons. The molecule has 38 heavy (non-hydrogen) atoms. The third-order valence-electron chi connectivity index (χ3n) is 7.80. The number of aliphatic hydroxyl groups is 1. The zero-order valence-electron chi connectivity index (χ0n) is 24.2. The number of aromatic amines is 1. The number of hydrogen-bond donors (Lipinski definition) is 2. The Morgan fingerprint density at radius 2 is 1.29 bits per heavy atom. The lowest BCUT2D eigenvalue weighted by molar-refractivity contribution is -0.0732. The summed E-state index contributed by atoms with van der Waals surface area (Å²) in [4.78, 5) is 25.7. The summed E-state index contributed by atoms with van der Waals surface area (Å²) in [6.45, 7) is 2.78. The highest BCUT2D eigenvalue weighted by molar-refractivity contribution is 4.89. The number of hydrogen-bond acceptors (Lipinski definition) is 5. The van der Waals surface area contributed by atoms with Gasteiger partial charge in [0.15, 0.2) is 6.23 Å². The maximum Gasteiger partial charge on any atom is 0.330 e. The molecule has 0 radical (unpaired) electrons. The number of aromatic nitrogens is 2. The quantitative estimate of drug-likeness (QED) is 0.138. The summed E-state index contributed by atoms with van der Waals surface area (Å²) in [6, 6.07) is 1.30. The third kappa shape index (κ3) is 14.1. The van der Waals surface area contributed by atoms with Crippen LogP contribution in [0.1, 0.15) is 148 Å². The van der Waals surface area contributed by atoms with E-state index in [1.165, 1.54) is 132 Å². The van der Waals surface area contributed by atoms with E-state index >= 15 is 0 Å². The van der Waals surface area contributed by atoms with Crippen LogP contribution in [-0.2, 0) is 9.47 Å². The van der Waals surface area contributed by atoms with Crippen LogP contribution in [0.3, 0.4) is 0 Å². The second-order valence-electron chi connectivity index (χ2n) is 11.2. The first kappa shape index (κ1) is 32.8. The van der Waals surface area contributed by atoms with Crippen molar-refractivity contribution in [3.63, 3.8) is 0 Å². The molecule has 7 heteroatoms. The average molecular weight is 537 g/mol. The molecule has 0 aliphatic carbocycles. The van der Waals surface area contributed by atoms with E-state index in [1.54, 1.807) is 0 Å². The zero-order chi connectivity index (χ0) is 27.3. The number of unbranched alkanes of at least 4 members (excludes halogenated alkanes) is 19. The van der Waals surface area contributed by atoms with Gasteiger partial charge in [-0.05, 0) is 6.42 Å². The molecule has 0 amide bonds. The molecule has 1 aliphatic heterocycles. The van der Waals surface area contributed by atoms with Crippen molar-refractivity contribution in [1.82, 2.24) is 9.55 Å². The van der Waals surface area contributed by atoms with Crippen LogP contribution in [0, 0.1) is 0 Å². The first-order valence-corrected chi connectivity index (χ1v) is 15.8. The Morgan fingerprint density at radius 1 is 0.816 bits per heavy atom. The van der Waals surface area contributed by atoms with Crippen molar-refractivity contribution in [2.45, 2.75) is 160 Å². The van der Waals surface area contributed by atoms with Gasteiger partial charge < -0.3 is 14.6 Å². The first-order valence-electron chi connectivity index (χ1n) is 15.8. The minimum atomic E-state index is -0.624. The van der Waals surface area contributed by atoms with Gasteiger partial charge in [-0.3, -0.25) is 14.3 Å². The van der Waals surface area contributed by atoms with Crippen molar-refractivity contribution in [1.29, 1.82) is 0 Å². The molecule has 1 aromatic rings. The Hall–Kier alpha value is -1.44. The molecule has 2 rings (SSSR count). The van der Waals surface area contributed by atoms with E-state index in [1.807, 2.05) is 0 Å². The van der Waals surface area contributed by atoms with Gasteiger partial charge in [-0.25, -0.2) is 4.79 Å². The van der Waals surface area contributed by atoms with Crippen LogP contribution in [-0.4, -0.2) is 40.1 Å². The molecule has 0 saturated carbocycles. The number of ether oxygens (including phenoxy) is 2. The van der Waals surface area contributed by atoms with Gasteiger partial charge in [-0.2, -0.15) is 0 Å². The highest BCUT2D eigenvalue weighted by Crippen LogP contribution is 2.30. The SMILES string of the molecule is CCCCCCCCCCCCCCCCCCCCCCO[C@@H]1C[C@@H](CO)O[C@H]1n1ccc(=O)[nH]c1=O. The van der Waals surface area contributed by atoms with Gasteiger partial charge >= 0.3 is 5.69 Å². The minimum absolute atomic E-state index is 0.117. The second kappa shape index (κ2) is 21.4. The maximum absolute atomic E-state index is 12.1.